The Labute approximate surface area is 167 Å². The van der Waals surface area contributed by atoms with Crippen molar-refractivity contribution in [2.75, 3.05) is 23.3 Å². The maximum atomic E-state index is 12.6. The van der Waals surface area contributed by atoms with Crippen molar-refractivity contribution in [3.8, 4) is 5.69 Å². The Morgan fingerprint density at radius 1 is 1.00 bits per heavy atom. The Bertz CT molecular complexity index is 989. The summed E-state index contributed by atoms with van der Waals surface area (Å²) in [6, 6.07) is 17.4. The zero-order chi connectivity index (χ0) is 18.8. The summed E-state index contributed by atoms with van der Waals surface area (Å²) in [7, 11) is 0. The maximum absolute atomic E-state index is 12.6. The fourth-order valence-corrected chi connectivity index (χ4v) is 3.58. The van der Waals surface area contributed by atoms with Gasteiger partial charge in [0.05, 0.1) is 17.6 Å². The fourth-order valence-electron chi connectivity index (χ4n) is 3.27. The molecular weight excluding hydrogens is 383 g/mol. The molecule has 3 aromatic rings. The van der Waals surface area contributed by atoms with Gasteiger partial charge >= 0.3 is 0 Å². The molecule has 1 aliphatic heterocycles. The van der Waals surface area contributed by atoms with Gasteiger partial charge in [0.2, 0.25) is 0 Å². The van der Waals surface area contributed by atoms with Gasteiger partial charge in [0, 0.05) is 29.8 Å². The van der Waals surface area contributed by atoms with Crippen molar-refractivity contribution in [1.29, 1.82) is 0 Å². The minimum atomic E-state index is -0.359. The van der Waals surface area contributed by atoms with Gasteiger partial charge in [-0.1, -0.05) is 41.4 Å². The first-order valence-electron chi connectivity index (χ1n) is 8.72. The zero-order valence-corrected chi connectivity index (χ0v) is 16.0. The lowest BCUT2D eigenvalue weighted by Crippen LogP contribution is -2.28. The number of hydrogen-bond donors (Lipinski definition) is 1. The van der Waals surface area contributed by atoms with Gasteiger partial charge in [0.25, 0.3) is 5.56 Å². The molecule has 1 atom stereocenters. The number of halogens is 2. The monoisotopic (exact) mass is 400 g/mol. The highest BCUT2D eigenvalue weighted by molar-refractivity contribution is 6.33. The second-order valence-electron chi connectivity index (χ2n) is 6.48. The van der Waals surface area contributed by atoms with Crippen LogP contribution in [-0.2, 0) is 0 Å². The first kappa shape index (κ1) is 17.9. The number of aromatic nitrogens is 2. The van der Waals surface area contributed by atoms with Gasteiger partial charge in [0.1, 0.15) is 5.02 Å². The zero-order valence-electron chi connectivity index (χ0n) is 14.5. The third-order valence-corrected chi connectivity index (χ3v) is 5.28. The minimum Gasteiger partial charge on any atom is -0.378 e. The van der Waals surface area contributed by atoms with Crippen LogP contribution in [0.4, 0.5) is 11.4 Å². The van der Waals surface area contributed by atoms with E-state index >= 15 is 0 Å². The van der Waals surface area contributed by atoms with E-state index in [1.54, 1.807) is 30.5 Å². The second-order valence-corrected chi connectivity index (χ2v) is 7.29. The Kier molecular flexibility index (Phi) is 5.05. The molecule has 0 aliphatic carbocycles. The van der Waals surface area contributed by atoms with Crippen molar-refractivity contribution in [2.24, 2.45) is 0 Å². The number of benzene rings is 2. The molecule has 1 N–H and O–H groups in total. The van der Waals surface area contributed by atoms with Crippen molar-refractivity contribution in [3.05, 3.63) is 81.2 Å². The molecule has 1 fully saturated rings. The molecule has 0 radical (unpaired) electrons. The van der Waals surface area contributed by atoms with E-state index in [2.05, 4.69) is 27.4 Å². The van der Waals surface area contributed by atoms with Gasteiger partial charge < -0.3 is 10.2 Å². The Morgan fingerprint density at radius 3 is 2.48 bits per heavy atom. The third-order valence-electron chi connectivity index (χ3n) is 4.66. The van der Waals surface area contributed by atoms with Crippen molar-refractivity contribution in [2.45, 2.75) is 12.5 Å². The van der Waals surface area contributed by atoms with Crippen LogP contribution in [0.15, 0.2) is 65.6 Å². The quantitative estimate of drug-likeness (QED) is 0.711. The first-order valence-corrected chi connectivity index (χ1v) is 9.48. The molecule has 1 saturated heterocycles. The van der Waals surface area contributed by atoms with Crippen molar-refractivity contribution in [3.63, 3.8) is 0 Å². The molecule has 2 aromatic carbocycles. The molecule has 0 spiro atoms. The summed E-state index contributed by atoms with van der Waals surface area (Å²) >= 11 is 12.2. The van der Waals surface area contributed by atoms with Crippen LogP contribution >= 0.6 is 23.2 Å². The number of anilines is 2. The molecule has 1 aliphatic rings. The first-order chi connectivity index (χ1) is 13.1. The molecule has 5 nitrogen and oxygen atoms in total. The van der Waals surface area contributed by atoms with Crippen LogP contribution in [0, 0.1) is 0 Å². The van der Waals surface area contributed by atoms with Crippen molar-refractivity contribution < 1.29 is 0 Å². The molecule has 1 unspecified atom stereocenters. The van der Waals surface area contributed by atoms with Crippen LogP contribution in [-0.4, -0.2) is 28.9 Å². The lowest BCUT2D eigenvalue weighted by molar-refractivity contribution is 0.782. The second kappa shape index (κ2) is 7.62. The molecule has 0 amide bonds. The van der Waals surface area contributed by atoms with E-state index in [1.165, 1.54) is 10.4 Å². The Balaban J connectivity index is 1.51. The van der Waals surface area contributed by atoms with Crippen LogP contribution in [0.1, 0.15) is 6.42 Å². The van der Waals surface area contributed by atoms with Gasteiger partial charge in [0.15, 0.2) is 0 Å². The summed E-state index contributed by atoms with van der Waals surface area (Å²) < 4.78 is 1.27. The van der Waals surface area contributed by atoms with Crippen LogP contribution < -0.4 is 15.8 Å². The SMILES string of the molecule is O=c1c(Cl)c(NC2CCN(c3ccccc3)C2)cnn1-c1ccc(Cl)cc1. The molecule has 4 rings (SSSR count). The fraction of sp³-hybridized carbons (Fsp3) is 0.200. The van der Waals surface area contributed by atoms with E-state index in [9.17, 15) is 4.79 Å². The van der Waals surface area contributed by atoms with Crippen LogP contribution in [0.2, 0.25) is 10.0 Å². The van der Waals surface area contributed by atoms with Gasteiger partial charge in [-0.3, -0.25) is 4.79 Å². The number of nitrogens with one attached hydrogen (secondary N) is 1. The number of nitrogens with zero attached hydrogens (tertiary/aromatic N) is 3. The van der Waals surface area contributed by atoms with Crippen LogP contribution in [0.5, 0.6) is 0 Å². The van der Waals surface area contributed by atoms with E-state index in [0.29, 0.717) is 16.4 Å². The van der Waals surface area contributed by atoms with E-state index in [-0.39, 0.29) is 16.6 Å². The standard InChI is InChI=1S/C20H18Cl2N4O/c21-14-6-8-17(9-7-14)26-20(27)19(22)18(12-23-26)24-15-10-11-25(13-15)16-4-2-1-3-5-16/h1-9,12,15,24H,10-11,13H2. The average Bonchev–Trinajstić information content (AvgIpc) is 3.16. The molecule has 2 heterocycles. The summed E-state index contributed by atoms with van der Waals surface area (Å²) in [6.45, 7) is 1.80. The normalized spacial score (nSPS) is 16.5. The highest BCUT2D eigenvalue weighted by Gasteiger charge is 2.24. The number of rotatable bonds is 4. The van der Waals surface area contributed by atoms with E-state index in [1.807, 2.05) is 18.2 Å². The highest BCUT2D eigenvalue weighted by Crippen LogP contribution is 2.24. The van der Waals surface area contributed by atoms with Crippen molar-refractivity contribution in [1.82, 2.24) is 9.78 Å². The molecule has 138 valence electrons. The van der Waals surface area contributed by atoms with E-state index < -0.39 is 0 Å². The highest BCUT2D eigenvalue weighted by atomic mass is 35.5. The molecule has 7 heteroatoms. The topological polar surface area (TPSA) is 50.2 Å². The summed E-state index contributed by atoms with van der Waals surface area (Å²) in [4.78, 5) is 14.9. The molecular formula is C20H18Cl2N4O. The number of para-hydroxylation sites is 1. The minimum absolute atomic E-state index is 0.137. The lowest BCUT2D eigenvalue weighted by atomic mass is 10.2. The Hall–Kier alpha value is -2.50. The smallest absolute Gasteiger partial charge is 0.292 e. The van der Waals surface area contributed by atoms with Gasteiger partial charge in [-0.15, -0.1) is 0 Å². The van der Waals surface area contributed by atoms with Gasteiger partial charge in [-0.25, -0.2) is 0 Å². The third kappa shape index (κ3) is 3.80. The van der Waals surface area contributed by atoms with Gasteiger partial charge in [-0.2, -0.15) is 9.78 Å². The van der Waals surface area contributed by atoms with E-state index in [4.69, 9.17) is 23.2 Å². The molecule has 0 bridgehead atoms. The maximum Gasteiger partial charge on any atom is 0.292 e. The van der Waals surface area contributed by atoms with Gasteiger partial charge in [-0.05, 0) is 42.8 Å². The summed E-state index contributed by atoms with van der Waals surface area (Å²) in [5, 5.41) is 8.36. The number of hydrogen-bond acceptors (Lipinski definition) is 4. The molecule has 1 aromatic heterocycles. The predicted octanol–water partition coefficient (Wildman–Crippen LogP) is 4.23. The van der Waals surface area contributed by atoms with Crippen LogP contribution in [0.25, 0.3) is 5.69 Å². The lowest BCUT2D eigenvalue weighted by Gasteiger charge is -2.19. The average molecular weight is 401 g/mol. The predicted molar refractivity (Wildman–Crippen MR) is 111 cm³/mol. The summed E-state index contributed by atoms with van der Waals surface area (Å²) in [6.07, 6.45) is 2.56. The van der Waals surface area contributed by atoms with E-state index in [0.717, 1.165) is 19.5 Å². The largest absolute Gasteiger partial charge is 0.378 e. The summed E-state index contributed by atoms with van der Waals surface area (Å²) in [5.41, 5.74) is 2.02. The summed E-state index contributed by atoms with van der Waals surface area (Å²) in [5.74, 6) is 0. The molecule has 0 saturated carbocycles. The molecule has 27 heavy (non-hydrogen) atoms. The van der Waals surface area contributed by atoms with Crippen LogP contribution in [0.3, 0.4) is 0 Å². The Morgan fingerprint density at radius 2 is 1.74 bits per heavy atom. The van der Waals surface area contributed by atoms with Crippen molar-refractivity contribution >= 4 is 34.6 Å².